The van der Waals surface area contributed by atoms with Crippen molar-refractivity contribution in [2.75, 3.05) is 7.11 Å². The fourth-order valence-corrected chi connectivity index (χ4v) is 2.62. The largest absolute Gasteiger partial charge is 0.465 e. The molecule has 3 rings (SSSR count). The maximum Gasteiger partial charge on any atom is 0.337 e. The van der Waals surface area contributed by atoms with E-state index in [1.807, 2.05) is 25.3 Å². The number of fused-ring (bicyclic) bond motifs is 1. The molecule has 0 spiro atoms. The first kappa shape index (κ1) is 17.3. The summed E-state index contributed by atoms with van der Waals surface area (Å²) in [6.45, 7) is 3.73. The van der Waals surface area contributed by atoms with Gasteiger partial charge in [-0.25, -0.2) is 15.2 Å². The normalized spacial score (nSPS) is 11.0. The lowest BCUT2D eigenvalue weighted by Crippen LogP contribution is -2.20. The van der Waals surface area contributed by atoms with Crippen molar-refractivity contribution in [2.24, 2.45) is 5.10 Å². The molecule has 0 aliphatic carbocycles. The molecule has 132 valence electrons. The molecule has 0 saturated carbocycles. The first-order valence-electron chi connectivity index (χ1n) is 7.96. The molecule has 3 aromatic rings. The van der Waals surface area contributed by atoms with Gasteiger partial charge in [-0.3, -0.25) is 9.20 Å². The molecule has 1 amide bonds. The second kappa shape index (κ2) is 7.18. The van der Waals surface area contributed by atoms with Gasteiger partial charge in [-0.05, 0) is 43.2 Å². The van der Waals surface area contributed by atoms with Crippen LogP contribution >= 0.6 is 0 Å². The lowest BCUT2D eigenvalue weighted by atomic mass is 10.1. The summed E-state index contributed by atoms with van der Waals surface area (Å²) < 4.78 is 6.43. The molecule has 0 saturated heterocycles. The van der Waals surface area contributed by atoms with Crippen molar-refractivity contribution in [1.29, 1.82) is 0 Å². The van der Waals surface area contributed by atoms with Crippen LogP contribution in [0.1, 0.15) is 37.7 Å². The van der Waals surface area contributed by atoms with Gasteiger partial charge in [-0.1, -0.05) is 18.2 Å². The van der Waals surface area contributed by atoms with Crippen LogP contribution in [0.5, 0.6) is 0 Å². The van der Waals surface area contributed by atoms with Gasteiger partial charge in [-0.2, -0.15) is 5.10 Å². The van der Waals surface area contributed by atoms with E-state index in [2.05, 4.69) is 20.2 Å². The zero-order valence-electron chi connectivity index (χ0n) is 14.7. The maximum atomic E-state index is 12.5. The Kier molecular flexibility index (Phi) is 4.79. The number of pyridine rings is 1. The van der Waals surface area contributed by atoms with Gasteiger partial charge in [0, 0.05) is 6.20 Å². The molecule has 7 heteroatoms. The van der Waals surface area contributed by atoms with Crippen molar-refractivity contribution in [2.45, 2.75) is 13.8 Å². The molecule has 0 aliphatic heterocycles. The number of ether oxygens (including phenoxy) is 1. The Morgan fingerprint density at radius 2 is 2.04 bits per heavy atom. The number of imidazole rings is 1. The Labute approximate surface area is 150 Å². The summed E-state index contributed by atoms with van der Waals surface area (Å²) in [5.41, 5.74) is 6.36. The second-order valence-electron chi connectivity index (χ2n) is 5.80. The maximum absolute atomic E-state index is 12.5. The molecule has 0 aliphatic rings. The topological polar surface area (TPSA) is 85.1 Å². The lowest BCUT2D eigenvalue weighted by Gasteiger charge is -2.03. The number of aryl methyl sites for hydroxylation is 2. The number of aromatic nitrogens is 2. The minimum atomic E-state index is -0.430. The minimum Gasteiger partial charge on any atom is -0.465 e. The summed E-state index contributed by atoms with van der Waals surface area (Å²) in [6.07, 6.45) is 3.32. The monoisotopic (exact) mass is 350 g/mol. The van der Waals surface area contributed by atoms with Crippen LogP contribution in [0.25, 0.3) is 5.65 Å². The summed E-state index contributed by atoms with van der Waals surface area (Å²) >= 11 is 0. The minimum absolute atomic E-state index is 0.360. The Balaban J connectivity index is 1.79. The lowest BCUT2D eigenvalue weighted by molar-refractivity contribution is 0.0600. The Bertz CT molecular complexity index is 1020. The molecule has 0 bridgehead atoms. The molecule has 7 nitrogen and oxygen atoms in total. The van der Waals surface area contributed by atoms with Crippen LogP contribution in [-0.2, 0) is 4.74 Å². The van der Waals surface area contributed by atoms with Crippen LogP contribution in [0.3, 0.4) is 0 Å². The van der Waals surface area contributed by atoms with Crippen LogP contribution < -0.4 is 5.43 Å². The molecule has 1 N–H and O–H groups in total. The number of esters is 1. The number of benzene rings is 1. The van der Waals surface area contributed by atoms with Gasteiger partial charge >= 0.3 is 5.97 Å². The number of nitrogens with zero attached hydrogens (tertiary/aromatic N) is 3. The van der Waals surface area contributed by atoms with E-state index in [1.54, 1.807) is 35.6 Å². The number of amides is 1. The highest BCUT2D eigenvalue weighted by molar-refractivity contribution is 5.96. The predicted molar refractivity (Wildman–Crippen MR) is 97.5 cm³/mol. The van der Waals surface area contributed by atoms with Crippen molar-refractivity contribution in [3.63, 3.8) is 0 Å². The van der Waals surface area contributed by atoms with Crippen LogP contribution in [0.4, 0.5) is 0 Å². The van der Waals surface area contributed by atoms with E-state index in [9.17, 15) is 9.59 Å². The first-order chi connectivity index (χ1) is 12.5. The number of hydrogen-bond donors (Lipinski definition) is 1. The molecule has 0 unspecified atom stereocenters. The quantitative estimate of drug-likeness (QED) is 0.445. The van der Waals surface area contributed by atoms with Gasteiger partial charge in [0.15, 0.2) is 0 Å². The Morgan fingerprint density at radius 3 is 2.81 bits per heavy atom. The first-order valence-corrected chi connectivity index (χ1v) is 7.96. The molecule has 0 radical (unpaired) electrons. The molecule has 2 aromatic heterocycles. The average molecular weight is 350 g/mol. The van der Waals surface area contributed by atoms with Crippen molar-refractivity contribution in [3.8, 4) is 0 Å². The van der Waals surface area contributed by atoms with E-state index in [4.69, 9.17) is 0 Å². The standard InChI is InChI=1S/C19H18N4O3/c1-12-7-8-16-21-13(2)17(23(16)11-12)18(24)22-20-10-14-5-4-6-15(9-14)19(25)26-3/h4-11H,1-3H3,(H,22,24)/b20-10-. The summed E-state index contributed by atoms with van der Waals surface area (Å²) in [7, 11) is 1.32. The Morgan fingerprint density at radius 1 is 1.23 bits per heavy atom. The van der Waals surface area contributed by atoms with E-state index in [-0.39, 0.29) is 5.91 Å². The summed E-state index contributed by atoms with van der Waals surface area (Å²) in [4.78, 5) is 28.4. The van der Waals surface area contributed by atoms with Crippen LogP contribution in [-0.4, -0.2) is 34.6 Å². The number of hydrazone groups is 1. The number of nitrogens with one attached hydrogen (secondary N) is 1. The molecule has 2 heterocycles. The third-order valence-corrected chi connectivity index (χ3v) is 3.84. The van der Waals surface area contributed by atoms with Gasteiger partial charge in [0.1, 0.15) is 11.3 Å². The fraction of sp³-hybridized carbons (Fsp3) is 0.158. The molecule has 1 aromatic carbocycles. The van der Waals surface area contributed by atoms with Crippen molar-refractivity contribution in [3.05, 3.63) is 70.7 Å². The third kappa shape index (κ3) is 3.46. The highest BCUT2D eigenvalue weighted by atomic mass is 16.5. The summed E-state index contributed by atoms with van der Waals surface area (Å²) in [5.74, 6) is -0.790. The number of hydrogen-bond acceptors (Lipinski definition) is 5. The molecular formula is C19H18N4O3. The molecule has 0 fully saturated rings. The second-order valence-corrected chi connectivity index (χ2v) is 5.80. The van der Waals surface area contributed by atoms with E-state index in [0.29, 0.717) is 28.2 Å². The SMILES string of the molecule is COC(=O)c1cccc(/C=N\NC(=O)c2c(C)nc3ccc(C)cn23)c1. The van der Waals surface area contributed by atoms with Crippen LogP contribution in [0.2, 0.25) is 0 Å². The van der Waals surface area contributed by atoms with Gasteiger partial charge in [0.25, 0.3) is 5.91 Å². The molecular weight excluding hydrogens is 332 g/mol. The van der Waals surface area contributed by atoms with Gasteiger partial charge in [0.05, 0.1) is 24.6 Å². The molecule has 26 heavy (non-hydrogen) atoms. The number of rotatable bonds is 4. The number of methoxy groups -OCH3 is 1. The average Bonchev–Trinajstić information content (AvgIpc) is 2.96. The van der Waals surface area contributed by atoms with Crippen LogP contribution in [0, 0.1) is 13.8 Å². The van der Waals surface area contributed by atoms with Crippen molar-refractivity contribution < 1.29 is 14.3 Å². The molecule has 0 atom stereocenters. The van der Waals surface area contributed by atoms with Crippen molar-refractivity contribution in [1.82, 2.24) is 14.8 Å². The number of carbonyl (C=O) groups excluding carboxylic acids is 2. The Hall–Kier alpha value is -3.48. The van der Waals surface area contributed by atoms with Gasteiger partial charge in [0.2, 0.25) is 0 Å². The smallest absolute Gasteiger partial charge is 0.337 e. The summed E-state index contributed by atoms with van der Waals surface area (Å²) in [6, 6.07) is 10.6. The fourth-order valence-electron chi connectivity index (χ4n) is 2.62. The third-order valence-electron chi connectivity index (χ3n) is 3.84. The van der Waals surface area contributed by atoms with Gasteiger partial charge < -0.3 is 4.74 Å². The van der Waals surface area contributed by atoms with E-state index < -0.39 is 5.97 Å². The van der Waals surface area contributed by atoms with Gasteiger partial charge in [-0.15, -0.1) is 0 Å². The zero-order chi connectivity index (χ0) is 18.7. The highest BCUT2D eigenvalue weighted by Crippen LogP contribution is 2.13. The number of carbonyl (C=O) groups is 2. The highest BCUT2D eigenvalue weighted by Gasteiger charge is 2.16. The van der Waals surface area contributed by atoms with Crippen LogP contribution in [0.15, 0.2) is 47.7 Å². The van der Waals surface area contributed by atoms with E-state index in [0.717, 1.165) is 5.56 Å². The van der Waals surface area contributed by atoms with E-state index >= 15 is 0 Å². The summed E-state index contributed by atoms with van der Waals surface area (Å²) in [5, 5.41) is 3.98. The predicted octanol–water partition coefficient (Wildman–Crippen LogP) is 2.50. The van der Waals surface area contributed by atoms with Crippen molar-refractivity contribution >= 4 is 23.7 Å². The van der Waals surface area contributed by atoms with E-state index in [1.165, 1.54) is 13.3 Å². The zero-order valence-corrected chi connectivity index (χ0v) is 14.7.